The van der Waals surface area contributed by atoms with E-state index in [1.807, 2.05) is 0 Å². The molecule has 4 aromatic heterocycles. The summed E-state index contributed by atoms with van der Waals surface area (Å²) >= 11 is 0. The number of halogens is 2. The molecular weight excluding hydrogens is 658 g/mol. The second-order valence-corrected chi connectivity index (χ2v) is 12.3. The number of nitrogen functional groups attached to an aromatic ring is 1. The van der Waals surface area contributed by atoms with Gasteiger partial charge in [-0.1, -0.05) is 0 Å². The van der Waals surface area contributed by atoms with E-state index in [4.69, 9.17) is 19.9 Å². The molecule has 50 heavy (non-hydrogen) atoms. The lowest BCUT2D eigenvalue weighted by molar-refractivity contribution is 0.0429. The Labute approximate surface area is 286 Å². The van der Waals surface area contributed by atoms with E-state index in [1.165, 1.54) is 49.8 Å². The molecule has 0 saturated carbocycles. The number of methoxy groups -OCH3 is 2. The SMILES string of the molecule is COC(=O)c1nc(-c2cncc(F)c2)ccc1N.COC(=O)c1nc(-c2cncc(F)c2)ccc1N(C(=O)OC(C)(C)C)C(=O)OC(C)(C)C. The summed E-state index contributed by atoms with van der Waals surface area (Å²) in [5, 5.41) is 0. The van der Waals surface area contributed by atoms with Gasteiger partial charge in [-0.15, -0.1) is 0 Å². The molecule has 0 aliphatic carbocycles. The Bertz CT molecular complexity index is 1860. The lowest BCUT2D eigenvalue weighted by Crippen LogP contribution is -2.44. The highest BCUT2D eigenvalue weighted by atomic mass is 19.1. The van der Waals surface area contributed by atoms with E-state index in [-0.39, 0.29) is 34.0 Å². The van der Waals surface area contributed by atoms with Crippen LogP contribution >= 0.6 is 0 Å². The van der Waals surface area contributed by atoms with E-state index in [0.717, 1.165) is 19.5 Å². The number of ether oxygens (including phenoxy) is 4. The Morgan fingerprint density at radius 3 is 1.50 bits per heavy atom. The summed E-state index contributed by atoms with van der Waals surface area (Å²) in [6.07, 6.45) is 2.76. The van der Waals surface area contributed by atoms with E-state index in [9.17, 15) is 28.0 Å². The van der Waals surface area contributed by atoms with Gasteiger partial charge in [0.25, 0.3) is 0 Å². The number of aromatic nitrogens is 4. The van der Waals surface area contributed by atoms with E-state index in [1.54, 1.807) is 47.6 Å². The molecule has 0 aliphatic rings. The van der Waals surface area contributed by atoms with Gasteiger partial charge in [0, 0.05) is 23.5 Å². The number of carbonyl (C=O) groups is 4. The van der Waals surface area contributed by atoms with Gasteiger partial charge in [-0.2, -0.15) is 4.90 Å². The van der Waals surface area contributed by atoms with Crippen LogP contribution in [0.5, 0.6) is 0 Å². The van der Waals surface area contributed by atoms with Gasteiger partial charge < -0.3 is 24.7 Å². The van der Waals surface area contributed by atoms with Crippen LogP contribution in [0.2, 0.25) is 0 Å². The smallest absolute Gasteiger partial charge is 0.424 e. The van der Waals surface area contributed by atoms with Crippen LogP contribution in [-0.4, -0.2) is 69.5 Å². The van der Waals surface area contributed by atoms with Crippen molar-refractivity contribution in [1.82, 2.24) is 19.9 Å². The molecule has 2 amide bonds. The van der Waals surface area contributed by atoms with Crippen LogP contribution in [0.3, 0.4) is 0 Å². The Morgan fingerprint density at radius 1 is 0.660 bits per heavy atom. The molecule has 0 atom stereocenters. The molecule has 0 aromatic carbocycles. The summed E-state index contributed by atoms with van der Waals surface area (Å²) in [5.41, 5.74) is 4.67. The number of carbonyl (C=O) groups excluding carboxylic acids is 4. The molecule has 0 unspecified atom stereocenters. The molecular formula is C34H36F2N6O8. The van der Waals surface area contributed by atoms with E-state index < -0.39 is 47.0 Å². The normalized spacial score (nSPS) is 11.0. The fraction of sp³-hybridized carbons (Fsp3) is 0.294. The van der Waals surface area contributed by atoms with Crippen molar-refractivity contribution in [2.75, 3.05) is 24.9 Å². The van der Waals surface area contributed by atoms with Crippen LogP contribution in [0.1, 0.15) is 62.5 Å². The van der Waals surface area contributed by atoms with Crippen LogP contribution in [0.15, 0.2) is 61.2 Å². The number of amides is 2. The third-order valence-electron chi connectivity index (χ3n) is 5.95. The predicted molar refractivity (Wildman–Crippen MR) is 177 cm³/mol. The molecule has 14 nitrogen and oxygen atoms in total. The molecule has 0 fully saturated rings. The van der Waals surface area contributed by atoms with Crippen LogP contribution < -0.4 is 10.6 Å². The first-order valence-electron chi connectivity index (χ1n) is 14.8. The average Bonchev–Trinajstić information content (AvgIpc) is 3.03. The van der Waals surface area contributed by atoms with Crippen molar-refractivity contribution in [2.24, 2.45) is 0 Å². The van der Waals surface area contributed by atoms with Crippen molar-refractivity contribution < 1.29 is 46.9 Å². The molecule has 0 bridgehead atoms. The fourth-order valence-electron chi connectivity index (χ4n) is 3.92. The van der Waals surface area contributed by atoms with Crippen LogP contribution in [0, 0.1) is 11.6 Å². The molecule has 0 spiro atoms. The van der Waals surface area contributed by atoms with E-state index in [0.29, 0.717) is 16.2 Å². The highest BCUT2D eigenvalue weighted by Gasteiger charge is 2.36. The molecule has 0 radical (unpaired) electrons. The summed E-state index contributed by atoms with van der Waals surface area (Å²) in [6, 6.07) is 8.24. The van der Waals surface area contributed by atoms with Crippen LogP contribution in [-0.2, 0) is 18.9 Å². The zero-order valence-corrected chi connectivity index (χ0v) is 28.6. The number of pyridine rings is 4. The largest absolute Gasteiger partial charge is 0.464 e. The fourth-order valence-corrected chi connectivity index (χ4v) is 3.92. The molecule has 0 aliphatic heterocycles. The maximum atomic E-state index is 13.6. The topological polar surface area (TPSA) is 186 Å². The summed E-state index contributed by atoms with van der Waals surface area (Å²) in [6.45, 7) is 9.74. The lowest BCUT2D eigenvalue weighted by atomic mass is 10.1. The number of nitrogens with zero attached hydrogens (tertiary/aromatic N) is 5. The second kappa shape index (κ2) is 15.9. The number of hydrogen-bond donors (Lipinski definition) is 1. The zero-order chi connectivity index (χ0) is 37.4. The summed E-state index contributed by atoms with van der Waals surface area (Å²) in [7, 11) is 2.36. The highest BCUT2D eigenvalue weighted by molar-refractivity contribution is 6.13. The molecule has 4 aromatic rings. The molecule has 4 rings (SSSR count). The number of imide groups is 1. The van der Waals surface area contributed by atoms with Gasteiger partial charge in [0.15, 0.2) is 11.4 Å². The highest BCUT2D eigenvalue weighted by Crippen LogP contribution is 2.28. The maximum Gasteiger partial charge on any atom is 0.424 e. The van der Waals surface area contributed by atoms with Crippen LogP contribution in [0.25, 0.3) is 22.5 Å². The van der Waals surface area contributed by atoms with Crippen molar-refractivity contribution in [1.29, 1.82) is 0 Å². The third kappa shape index (κ3) is 10.5. The minimum Gasteiger partial charge on any atom is -0.464 e. The standard InChI is InChI=1S/C22H26FN3O6.C12H10FN3O2/c1-21(2,3)31-19(28)26(20(29)32-22(4,5)6)16-9-8-15(25-17(16)18(27)30-7)13-10-14(23)12-24-11-13;1-18-12(17)11-9(14)2-3-10(16-11)7-4-8(13)6-15-5-7/h8-12H,1-7H3;2-6H,14H2,1H3. The summed E-state index contributed by atoms with van der Waals surface area (Å²) in [4.78, 5) is 66.0. The summed E-state index contributed by atoms with van der Waals surface area (Å²) < 4.78 is 46.7. The number of hydrogen-bond acceptors (Lipinski definition) is 13. The van der Waals surface area contributed by atoms with Crippen molar-refractivity contribution in [3.8, 4) is 22.5 Å². The van der Waals surface area contributed by atoms with Crippen molar-refractivity contribution in [3.63, 3.8) is 0 Å². The Hall–Kier alpha value is -6.06. The minimum absolute atomic E-state index is 0.000684. The van der Waals surface area contributed by atoms with Gasteiger partial charge in [-0.25, -0.2) is 37.9 Å². The van der Waals surface area contributed by atoms with Gasteiger partial charge >= 0.3 is 24.1 Å². The molecule has 16 heteroatoms. The first kappa shape index (κ1) is 38.4. The van der Waals surface area contributed by atoms with E-state index in [2.05, 4.69) is 24.7 Å². The van der Waals surface area contributed by atoms with Crippen LogP contribution in [0.4, 0.5) is 29.7 Å². The van der Waals surface area contributed by atoms with Gasteiger partial charge in [0.1, 0.15) is 22.8 Å². The van der Waals surface area contributed by atoms with E-state index >= 15 is 0 Å². The molecule has 264 valence electrons. The number of anilines is 2. The lowest BCUT2D eigenvalue weighted by Gasteiger charge is -2.29. The molecule has 4 heterocycles. The van der Waals surface area contributed by atoms with Gasteiger partial charge in [-0.3, -0.25) is 9.97 Å². The Kier molecular flexibility index (Phi) is 12.2. The monoisotopic (exact) mass is 694 g/mol. The first-order valence-corrected chi connectivity index (χ1v) is 14.8. The Morgan fingerprint density at radius 2 is 1.08 bits per heavy atom. The first-order chi connectivity index (χ1) is 23.3. The van der Waals surface area contributed by atoms with Gasteiger partial charge in [0.05, 0.1) is 49.4 Å². The van der Waals surface area contributed by atoms with Gasteiger partial charge in [0.2, 0.25) is 0 Å². The quantitative estimate of drug-likeness (QED) is 0.179. The number of nitrogens with two attached hydrogens (primary N) is 1. The summed E-state index contributed by atoms with van der Waals surface area (Å²) in [5.74, 6) is -2.65. The Balaban J connectivity index is 0.000000316. The van der Waals surface area contributed by atoms with Crippen molar-refractivity contribution in [3.05, 3.63) is 84.2 Å². The van der Waals surface area contributed by atoms with Crippen molar-refractivity contribution in [2.45, 2.75) is 52.7 Å². The molecule has 2 N–H and O–H groups in total. The molecule has 0 saturated heterocycles. The number of rotatable bonds is 5. The minimum atomic E-state index is -1.07. The number of esters is 2. The van der Waals surface area contributed by atoms with Crippen molar-refractivity contribution >= 4 is 35.5 Å². The van der Waals surface area contributed by atoms with Gasteiger partial charge in [-0.05, 0) is 77.9 Å². The second-order valence-electron chi connectivity index (χ2n) is 12.3. The predicted octanol–water partition coefficient (Wildman–Crippen LogP) is 6.40. The third-order valence-corrected chi connectivity index (χ3v) is 5.95. The maximum absolute atomic E-state index is 13.6. The zero-order valence-electron chi connectivity index (χ0n) is 28.6. The average molecular weight is 695 g/mol.